The predicted octanol–water partition coefficient (Wildman–Crippen LogP) is 2.54. The van der Waals surface area contributed by atoms with E-state index in [-0.39, 0.29) is 0 Å². The predicted molar refractivity (Wildman–Crippen MR) is 76.3 cm³/mol. The highest BCUT2D eigenvalue weighted by molar-refractivity contribution is 6.33. The van der Waals surface area contributed by atoms with Crippen LogP contribution in [0.4, 0.5) is 26.3 Å². The third-order valence-corrected chi connectivity index (χ3v) is 2.42. The molecule has 0 amide bonds. The van der Waals surface area contributed by atoms with Crippen molar-refractivity contribution in [3.63, 3.8) is 0 Å². The lowest BCUT2D eigenvalue weighted by Crippen LogP contribution is -2.46. The van der Waals surface area contributed by atoms with Gasteiger partial charge in [-0.15, -0.1) is 5.10 Å². The molecule has 0 bridgehead atoms. The summed E-state index contributed by atoms with van der Waals surface area (Å²) in [6, 6.07) is 0. The second-order valence-corrected chi connectivity index (χ2v) is 4.57. The largest absolute Gasteiger partial charge is 0.466 e. The number of hydrogen-bond acceptors (Lipinski definition) is 5. The lowest BCUT2D eigenvalue weighted by atomic mass is 10.5. The molecule has 0 rings (SSSR count). The van der Waals surface area contributed by atoms with E-state index >= 15 is 0 Å². The van der Waals surface area contributed by atoms with Gasteiger partial charge in [-0.3, -0.25) is 0 Å². The Bertz CT molecular complexity index is 490. The Morgan fingerprint density at radius 1 is 1.29 bits per heavy atom. The van der Waals surface area contributed by atoms with Crippen molar-refractivity contribution in [3.8, 4) is 0 Å². The van der Waals surface area contributed by atoms with Gasteiger partial charge in [0.15, 0.2) is 12.4 Å². The number of nitrogens with zero attached hydrogens (tertiary/aromatic N) is 3. The molecule has 0 aliphatic rings. The average molecular weight is 384 g/mol. The summed E-state index contributed by atoms with van der Waals surface area (Å²) in [5.74, 6) is -3.28. The summed E-state index contributed by atoms with van der Waals surface area (Å²) in [4.78, 5) is 0. The minimum absolute atomic E-state index is 0.586. The average Bonchev–Trinajstić information content (AvgIpc) is 2.44. The van der Waals surface area contributed by atoms with Crippen LogP contribution >= 0.6 is 11.6 Å². The van der Waals surface area contributed by atoms with Gasteiger partial charge in [0.25, 0.3) is 0 Å². The van der Waals surface area contributed by atoms with E-state index in [0.29, 0.717) is 16.2 Å². The molecule has 140 valence electrons. The van der Waals surface area contributed by atoms with Gasteiger partial charge in [-0.25, -0.2) is 19.9 Å². The lowest BCUT2D eigenvalue weighted by Gasteiger charge is -2.30. The lowest BCUT2D eigenvalue weighted by molar-refractivity contribution is -0.176. The Hall–Kier alpha value is -1.82. The second kappa shape index (κ2) is 8.87. The molecule has 0 saturated heterocycles. The number of halogens is 7. The Labute approximate surface area is 139 Å². The number of hydrogen-bond donors (Lipinski definition) is 2. The van der Waals surface area contributed by atoms with E-state index in [9.17, 15) is 26.3 Å². The molecule has 13 heteroatoms. The van der Waals surface area contributed by atoms with Gasteiger partial charge < -0.3 is 10.2 Å². The van der Waals surface area contributed by atoms with Crippen LogP contribution in [0.5, 0.6) is 0 Å². The second-order valence-electron chi connectivity index (χ2n) is 4.10. The number of hydrazine groups is 2. The molecule has 0 aromatic rings. The monoisotopic (exact) mass is 383 g/mol. The van der Waals surface area contributed by atoms with Crippen LogP contribution < -0.4 is 10.9 Å². The summed E-state index contributed by atoms with van der Waals surface area (Å²) >= 11 is 4.82. The highest BCUT2D eigenvalue weighted by atomic mass is 35.5. The standard InChI is InChI=1S/C11H16ClF6N5O/c1-5-7(13)8(24-6-10(14,15)16)22(3)23(4)21-9(20-19-2)11(12,17)18/h5,19H,1,6H2,2-4H3,(H,20,21)/b8-7-. The smallest absolute Gasteiger partial charge is 0.422 e. The van der Waals surface area contributed by atoms with Crippen molar-refractivity contribution < 1.29 is 31.1 Å². The van der Waals surface area contributed by atoms with Gasteiger partial charge in [0.05, 0.1) is 0 Å². The minimum atomic E-state index is -4.74. The molecular formula is C11H16ClF6N5O. The molecule has 0 aromatic carbocycles. The van der Waals surface area contributed by atoms with Gasteiger partial charge in [-0.1, -0.05) is 6.58 Å². The first-order chi connectivity index (χ1) is 10.8. The van der Waals surface area contributed by atoms with E-state index in [2.05, 4.69) is 21.8 Å². The fourth-order valence-corrected chi connectivity index (χ4v) is 1.25. The first-order valence-corrected chi connectivity index (χ1v) is 6.49. The molecule has 0 atom stereocenters. The Kier molecular flexibility index (Phi) is 8.20. The molecule has 0 saturated carbocycles. The zero-order valence-electron chi connectivity index (χ0n) is 12.9. The molecule has 0 spiro atoms. The van der Waals surface area contributed by atoms with Gasteiger partial charge in [0.1, 0.15) is 0 Å². The van der Waals surface area contributed by atoms with Crippen molar-refractivity contribution in [1.29, 1.82) is 0 Å². The summed E-state index contributed by atoms with van der Waals surface area (Å²) in [7, 11) is 3.33. The van der Waals surface area contributed by atoms with E-state index in [1.165, 1.54) is 7.05 Å². The van der Waals surface area contributed by atoms with Crippen molar-refractivity contribution in [3.05, 3.63) is 24.4 Å². The summed E-state index contributed by atoms with van der Waals surface area (Å²) in [5, 5.41) is 0.620. The molecule has 0 radical (unpaired) electrons. The van der Waals surface area contributed by atoms with E-state index < -0.39 is 35.7 Å². The number of nitrogens with one attached hydrogen (secondary N) is 2. The maximum absolute atomic E-state index is 13.7. The van der Waals surface area contributed by atoms with Crippen molar-refractivity contribution in [2.75, 3.05) is 27.7 Å². The van der Waals surface area contributed by atoms with Crippen LogP contribution in [0.1, 0.15) is 0 Å². The quantitative estimate of drug-likeness (QED) is 0.128. The van der Waals surface area contributed by atoms with Gasteiger partial charge in [0, 0.05) is 21.1 Å². The number of allylic oxidation sites excluding steroid dienone is 2. The molecule has 2 N–H and O–H groups in total. The fourth-order valence-electron chi connectivity index (χ4n) is 1.17. The zero-order valence-corrected chi connectivity index (χ0v) is 13.6. The molecule has 24 heavy (non-hydrogen) atoms. The van der Waals surface area contributed by atoms with Crippen LogP contribution in [0.25, 0.3) is 0 Å². The van der Waals surface area contributed by atoms with Gasteiger partial charge in [0.2, 0.25) is 11.7 Å². The molecule has 0 aliphatic heterocycles. The van der Waals surface area contributed by atoms with Crippen LogP contribution in [-0.4, -0.2) is 55.3 Å². The number of rotatable bonds is 8. The SMILES string of the molecule is C=C/C(F)=C(/OCC(F)(F)F)N(C)N(C)/N=C(\NNC)C(F)(F)Cl. The molecule has 0 fully saturated rings. The number of alkyl halides is 6. The first kappa shape index (κ1) is 22.2. The Balaban J connectivity index is 5.48. The van der Waals surface area contributed by atoms with Crippen LogP contribution in [0.2, 0.25) is 0 Å². The maximum atomic E-state index is 13.7. The topological polar surface area (TPSA) is 52.1 Å². The van der Waals surface area contributed by atoms with Gasteiger partial charge in [-0.2, -0.15) is 22.0 Å². The Morgan fingerprint density at radius 3 is 2.21 bits per heavy atom. The van der Waals surface area contributed by atoms with Gasteiger partial charge >= 0.3 is 11.6 Å². The number of ether oxygens (including phenoxy) is 1. The van der Waals surface area contributed by atoms with E-state index in [4.69, 9.17) is 11.6 Å². The third kappa shape index (κ3) is 7.64. The summed E-state index contributed by atoms with van der Waals surface area (Å²) in [6.07, 6.45) is -4.15. The molecular weight excluding hydrogens is 368 g/mol. The minimum Gasteiger partial charge on any atom is -0.466 e. The molecule has 0 heterocycles. The summed E-state index contributed by atoms with van der Waals surface area (Å²) < 4.78 is 80.9. The summed E-state index contributed by atoms with van der Waals surface area (Å²) in [5.41, 5.74) is 4.10. The highest BCUT2D eigenvalue weighted by Gasteiger charge is 2.35. The zero-order chi connectivity index (χ0) is 19.1. The third-order valence-electron chi connectivity index (χ3n) is 2.24. The van der Waals surface area contributed by atoms with E-state index in [1.807, 2.05) is 5.43 Å². The van der Waals surface area contributed by atoms with Crippen LogP contribution in [0.3, 0.4) is 0 Å². The Morgan fingerprint density at radius 2 is 1.83 bits per heavy atom. The number of hydrazone groups is 1. The fraction of sp³-hybridized carbons (Fsp3) is 0.545. The van der Waals surface area contributed by atoms with Crippen molar-refractivity contribution in [1.82, 2.24) is 21.0 Å². The van der Waals surface area contributed by atoms with Crippen LogP contribution in [0, 0.1) is 0 Å². The molecule has 6 nitrogen and oxygen atoms in total. The highest BCUT2D eigenvalue weighted by Crippen LogP contribution is 2.23. The number of amidine groups is 1. The van der Waals surface area contributed by atoms with Gasteiger partial charge in [-0.05, 0) is 17.7 Å². The van der Waals surface area contributed by atoms with E-state index in [1.54, 1.807) is 0 Å². The first-order valence-electron chi connectivity index (χ1n) is 6.11. The van der Waals surface area contributed by atoms with Crippen molar-refractivity contribution in [2.45, 2.75) is 11.6 Å². The summed E-state index contributed by atoms with van der Waals surface area (Å²) in [6.45, 7) is 1.25. The molecule has 0 aliphatic carbocycles. The van der Waals surface area contributed by atoms with Crippen LogP contribution in [0.15, 0.2) is 29.5 Å². The van der Waals surface area contributed by atoms with Crippen molar-refractivity contribution >= 4 is 17.4 Å². The van der Waals surface area contributed by atoms with E-state index in [0.717, 1.165) is 14.1 Å². The van der Waals surface area contributed by atoms with Crippen molar-refractivity contribution in [2.24, 2.45) is 5.10 Å². The van der Waals surface area contributed by atoms with Crippen LogP contribution in [-0.2, 0) is 4.74 Å². The molecule has 0 unspecified atom stereocenters. The molecule has 0 aromatic heterocycles. The normalized spacial score (nSPS) is 14.0. The maximum Gasteiger partial charge on any atom is 0.422 e.